The highest BCUT2D eigenvalue weighted by Crippen LogP contribution is 2.19. The van der Waals surface area contributed by atoms with Crippen LogP contribution >= 0.6 is 0 Å². The number of nitrogens with one attached hydrogen (secondary N) is 1. The van der Waals surface area contributed by atoms with Crippen LogP contribution in [0.5, 0.6) is 0 Å². The molecule has 6 heteroatoms. The van der Waals surface area contributed by atoms with Crippen LogP contribution in [0.3, 0.4) is 0 Å². The van der Waals surface area contributed by atoms with E-state index in [9.17, 15) is 15.0 Å². The maximum atomic E-state index is 11.9. The van der Waals surface area contributed by atoms with E-state index in [1.165, 1.54) is 5.56 Å². The number of hydrogen-bond acceptors (Lipinski definition) is 5. The summed E-state index contributed by atoms with van der Waals surface area (Å²) in [5.41, 5.74) is 0.924. The van der Waals surface area contributed by atoms with Crippen molar-refractivity contribution in [1.82, 2.24) is 10.5 Å². The van der Waals surface area contributed by atoms with Gasteiger partial charge in [-0.15, -0.1) is 0 Å². The molecule has 1 aromatic carbocycles. The molecule has 0 aliphatic heterocycles. The molecule has 2 aromatic rings. The SMILES string of the molecule is CC(C)(CO)[C@@H](O)C(=O)NCc1cc(CCc2ccccc2)on1. The number of benzene rings is 1. The summed E-state index contributed by atoms with van der Waals surface area (Å²) in [4.78, 5) is 11.9. The lowest BCUT2D eigenvalue weighted by atomic mass is 9.87. The third-order valence-electron chi connectivity index (χ3n) is 3.95. The van der Waals surface area contributed by atoms with E-state index in [2.05, 4.69) is 22.6 Å². The van der Waals surface area contributed by atoms with Gasteiger partial charge in [0.05, 0.1) is 13.2 Å². The minimum atomic E-state index is -1.29. The van der Waals surface area contributed by atoms with Crippen molar-refractivity contribution in [3.63, 3.8) is 0 Å². The Labute approximate surface area is 141 Å². The second-order valence-electron chi connectivity index (χ2n) is 6.54. The Morgan fingerprint density at radius 3 is 2.67 bits per heavy atom. The number of aromatic nitrogens is 1. The van der Waals surface area contributed by atoms with Gasteiger partial charge in [-0.25, -0.2) is 0 Å². The van der Waals surface area contributed by atoms with Gasteiger partial charge in [-0.05, 0) is 12.0 Å². The van der Waals surface area contributed by atoms with Crippen LogP contribution < -0.4 is 5.32 Å². The van der Waals surface area contributed by atoms with Crippen molar-refractivity contribution >= 4 is 5.91 Å². The Balaban J connectivity index is 1.82. The van der Waals surface area contributed by atoms with Gasteiger partial charge in [0.1, 0.15) is 17.6 Å². The summed E-state index contributed by atoms with van der Waals surface area (Å²) in [6.45, 7) is 3.13. The van der Waals surface area contributed by atoms with Crippen LogP contribution in [0, 0.1) is 5.41 Å². The van der Waals surface area contributed by atoms with E-state index < -0.39 is 17.4 Å². The monoisotopic (exact) mass is 332 g/mol. The van der Waals surface area contributed by atoms with Gasteiger partial charge >= 0.3 is 0 Å². The Morgan fingerprint density at radius 1 is 1.29 bits per heavy atom. The van der Waals surface area contributed by atoms with Gasteiger partial charge in [-0.3, -0.25) is 4.79 Å². The fraction of sp³-hybridized carbons (Fsp3) is 0.444. The molecule has 24 heavy (non-hydrogen) atoms. The summed E-state index contributed by atoms with van der Waals surface area (Å²) in [5, 5.41) is 25.6. The Kier molecular flexibility index (Phi) is 6.11. The smallest absolute Gasteiger partial charge is 0.249 e. The van der Waals surface area contributed by atoms with Crippen LogP contribution in [0.25, 0.3) is 0 Å². The van der Waals surface area contributed by atoms with Crippen molar-refractivity contribution in [3.05, 3.63) is 53.4 Å². The van der Waals surface area contributed by atoms with Crippen molar-refractivity contribution < 1.29 is 19.5 Å². The van der Waals surface area contributed by atoms with Crippen LogP contribution in [0.2, 0.25) is 0 Å². The zero-order chi connectivity index (χ0) is 17.6. The molecule has 0 aliphatic rings. The summed E-state index contributed by atoms with van der Waals surface area (Å²) in [6, 6.07) is 11.9. The fourth-order valence-electron chi connectivity index (χ4n) is 2.18. The number of carbonyl (C=O) groups is 1. The van der Waals surface area contributed by atoms with Gasteiger partial charge < -0.3 is 20.1 Å². The summed E-state index contributed by atoms with van der Waals surface area (Å²) in [5.74, 6) is 0.210. The molecule has 0 saturated heterocycles. The number of hydrogen-bond donors (Lipinski definition) is 3. The molecule has 0 saturated carbocycles. The van der Waals surface area contributed by atoms with Crippen molar-refractivity contribution in [3.8, 4) is 0 Å². The maximum Gasteiger partial charge on any atom is 0.249 e. The minimum absolute atomic E-state index is 0.173. The number of aryl methyl sites for hydroxylation is 2. The third kappa shape index (κ3) is 4.91. The second kappa shape index (κ2) is 8.08. The zero-order valence-corrected chi connectivity index (χ0v) is 14.0. The second-order valence-corrected chi connectivity index (χ2v) is 6.54. The van der Waals surface area contributed by atoms with Crippen molar-refractivity contribution in [2.45, 2.75) is 39.3 Å². The molecule has 0 radical (unpaired) electrons. The van der Waals surface area contributed by atoms with Crippen LogP contribution in [0.4, 0.5) is 0 Å². The summed E-state index contributed by atoms with van der Waals surface area (Å²) >= 11 is 0. The third-order valence-corrected chi connectivity index (χ3v) is 3.95. The predicted octanol–water partition coefficient (Wildman–Crippen LogP) is 1.46. The Hall–Kier alpha value is -2.18. The van der Waals surface area contributed by atoms with Crippen LogP contribution in [-0.2, 0) is 24.2 Å². The molecule has 1 aromatic heterocycles. The molecule has 3 N–H and O–H groups in total. The standard InChI is InChI=1S/C18H24N2O4/c1-18(2,12-21)16(22)17(23)19-11-14-10-15(24-20-14)9-8-13-6-4-3-5-7-13/h3-7,10,16,21-22H,8-9,11-12H2,1-2H3,(H,19,23)/t16-/m0/s1. The molecule has 1 heterocycles. The average molecular weight is 332 g/mol. The van der Waals surface area contributed by atoms with E-state index in [0.29, 0.717) is 5.69 Å². The fourth-order valence-corrected chi connectivity index (χ4v) is 2.18. The van der Waals surface area contributed by atoms with Gasteiger partial charge in [-0.1, -0.05) is 49.3 Å². The molecule has 2 rings (SSSR count). The molecule has 0 aliphatic carbocycles. The summed E-state index contributed by atoms with van der Waals surface area (Å²) in [6.07, 6.45) is 0.294. The van der Waals surface area contributed by atoms with E-state index in [1.807, 2.05) is 18.2 Å². The number of aliphatic hydroxyl groups excluding tert-OH is 2. The Morgan fingerprint density at radius 2 is 2.00 bits per heavy atom. The molecule has 0 bridgehead atoms. The minimum Gasteiger partial charge on any atom is -0.396 e. The van der Waals surface area contributed by atoms with Crippen molar-refractivity contribution in [2.75, 3.05) is 6.61 Å². The van der Waals surface area contributed by atoms with Gasteiger partial charge in [-0.2, -0.15) is 0 Å². The summed E-state index contributed by atoms with van der Waals surface area (Å²) in [7, 11) is 0. The molecular weight excluding hydrogens is 308 g/mol. The molecule has 1 amide bonds. The molecular formula is C18H24N2O4. The lowest BCUT2D eigenvalue weighted by Crippen LogP contribution is -2.45. The van der Waals surface area contributed by atoms with Gasteiger partial charge in [0.25, 0.3) is 0 Å². The van der Waals surface area contributed by atoms with Gasteiger partial charge in [0.2, 0.25) is 5.91 Å². The molecule has 1 atom stereocenters. The first kappa shape index (κ1) is 18.2. The number of nitrogens with zero attached hydrogens (tertiary/aromatic N) is 1. The molecule has 0 fully saturated rings. The first-order valence-corrected chi connectivity index (χ1v) is 7.97. The van der Waals surface area contributed by atoms with Crippen LogP contribution in [0.15, 0.2) is 40.9 Å². The highest BCUT2D eigenvalue weighted by Gasteiger charge is 2.32. The van der Waals surface area contributed by atoms with Crippen molar-refractivity contribution in [2.24, 2.45) is 5.41 Å². The largest absolute Gasteiger partial charge is 0.396 e. The van der Waals surface area contributed by atoms with Gasteiger partial charge in [0, 0.05) is 17.9 Å². The first-order valence-electron chi connectivity index (χ1n) is 7.97. The van der Waals surface area contributed by atoms with Crippen LogP contribution in [-0.4, -0.2) is 34.0 Å². The molecule has 6 nitrogen and oxygen atoms in total. The van der Waals surface area contributed by atoms with Crippen molar-refractivity contribution in [1.29, 1.82) is 0 Å². The lowest BCUT2D eigenvalue weighted by Gasteiger charge is -2.26. The van der Waals surface area contributed by atoms with Gasteiger partial charge in [0.15, 0.2) is 0 Å². The number of carbonyl (C=O) groups excluding carboxylic acids is 1. The number of aliphatic hydroxyl groups is 2. The molecule has 0 spiro atoms. The number of rotatable bonds is 8. The maximum absolute atomic E-state index is 11.9. The molecule has 130 valence electrons. The van der Waals surface area contributed by atoms with E-state index in [0.717, 1.165) is 18.6 Å². The number of amides is 1. The first-order chi connectivity index (χ1) is 11.4. The zero-order valence-electron chi connectivity index (χ0n) is 14.0. The van der Waals surface area contributed by atoms with E-state index in [4.69, 9.17) is 4.52 Å². The Bertz CT molecular complexity index is 652. The quantitative estimate of drug-likeness (QED) is 0.680. The van der Waals surface area contributed by atoms with E-state index in [1.54, 1.807) is 19.9 Å². The van der Waals surface area contributed by atoms with Crippen LogP contribution in [0.1, 0.15) is 30.9 Å². The highest BCUT2D eigenvalue weighted by molar-refractivity contribution is 5.81. The average Bonchev–Trinajstić information content (AvgIpc) is 3.06. The van der Waals surface area contributed by atoms with E-state index >= 15 is 0 Å². The highest BCUT2D eigenvalue weighted by atomic mass is 16.5. The predicted molar refractivity (Wildman–Crippen MR) is 89.1 cm³/mol. The van der Waals surface area contributed by atoms with E-state index in [-0.39, 0.29) is 13.2 Å². The topological polar surface area (TPSA) is 95.6 Å². The normalized spacial score (nSPS) is 12.8. The lowest BCUT2D eigenvalue weighted by molar-refractivity contribution is -0.137. The summed E-state index contributed by atoms with van der Waals surface area (Å²) < 4.78 is 5.26. The molecule has 0 unspecified atom stereocenters.